The van der Waals surface area contributed by atoms with E-state index in [9.17, 15) is 9.90 Å². The van der Waals surface area contributed by atoms with E-state index >= 15 is 4.39 Å². The number of nitrogen functional groups attached to an aromatic ring is 1. The van der Waals surface area contributed by atoms with Crippen molar-refractivity contribution < 1.29 is 14.3 Å². The molecule has 4 N–H and O–H groups in total. The van der Waals surface area contributed by atoms with E-state index in [-0.39, 0.29) is 23.3 Å². The lowest BCUT2D eigenvalue weighted by Crippen LogP contribution is -2.39. The number of carbonyl (C=O) groups is 1. The highest BCUT2D eigenvalue weighted by Gasteiger charge is 2.33. The largest absolute Gasteiger partial charge is 0.392 e. The Kier molecular flexibility index (Phi) is 5.63. The Morgan fingerprint density at radius 1 is 1.15 bits per heavy atom. The molecule has 1 amide bonds. The maximum atomic E-state index is 15.2. The number of carbonyl (C=O) groups excluding carboxylic acids is 1. The van der Waals surface area contributed by atoms with Crippen LogP contribution in [0.3, 0.4) is 0 Å². The molecule has 0 spiro atoms. The third-order valence-corrected chi connectivity index (χ3v) is 7.33. The van der Waals surface area contributed by atoms with Crippen LogP contribution in [0.4, 0.5) is 27.7 Å². The van der Waals surface area contributed by atoms with Crippen molar-refractivity contribution in [2.45, 2.75) is 31.8 Å². The van der Waals surface area contributed by atoms with Gasteiger partial charge in [0.15, 0.2) is 11.5 Å². The smallest absolute Gasteiger partial charge is 0.261 e. The number of benzene rings is 2. The summed E-state index contributed by atoms with van der Waals surface area (Å²) in [6.45, 7) is -0.0543. The molecule has 40 heavy (non-hydrogen) atoms. The van der Waals surface area contributed by atoms with Gasteiger partial charge in [-0.3, -0.25) is 4.79 Å². The predicted octanol–water partition coefficient (Wildman–Crippen LogP) is 3.62. The molecule has 1 aliphatic heterocycles. The van der Waals surface area contributed by atoms with E-state index in [2.05, 4.69) is 30.4 Å². The highest BCUT2D eigenvalue weighted by molar-refractivity contribution is 6.09. The minimum Gasteiger partial charge on any atom is -0.392 e. The van der Waals surface area contributed by atoms with Gasteiger partial charge in [-0.2, -0.15) is 20.1 Å². The monoisotopic (exact) mass is 537 g/mol. The molecule has 1 fully saturated rings. The molecule has 0 saturated heterocycles. The van der Waals surface area contributed by atoms with Crippen LogP contribution in [0.15, 0.2) is 55.0 Å². The minimum atomic E-state index is -0.501. The Bertz CT molecular complexity index is 1800. The van der Waals surface area contributed by atoms with Gasteiger partial charge in [0, 0.05) is 30.1 Å². The maximum absolute atomic E-state index is 15.2. The van der Waals surface area contributed by atoms with Gasteiger partial charge in [-0.15, -0.1) is 0 Å². The third kappa shape index (κ3) is 4.09. The number of fused-ring (bicyclic) bond motifs is 2. The van der Waals surface area contributed by atoms with Crippen LogP contribution in [0, 0.1) is 5.82 Å². The lowest BCUT2D eigenvalue weighted by molar-refractivity contribution is 0.0976. The number of hydrogen-bond donors (Lipinski definition) is 3. The van der Waals surface area contributed by atoms with Gasteiger partial charge in [0.25, 0.3) is 5.91 Å². The number of halogens is 1. The van der Waals surface area contributed by atoms with Gasteiger partial charge in [0.1, 0.15) is 11.5 Å². The van der Waals surface area contributed by atoms with Gasteiger partial charge in [-0.05, 0) is 54.5 Å². The minimum absolute atomic E-state index is 0.0391. The van der Waals surface area contributed by atoms with Gasteiger partial charge in [0.05, 0.1) is 24.1 Å². The number of amides is 1. The van der Waals surface area contributed by atoms with Crippen molar-refractivity contribution in [3.05, 3.63) is 83.1 Å². The van der Waals surface area contributed by atoms with E-state index in [1.165, 1.54) is 11.0 Å². The summed E-state index contributed by atoms with van der Waals surface area (Å²) in [5, 5.41) is 17.8. The first-order valence-electron chi connectivity index (χ1n) is 12.9. The summed E-state index contributed by atoms with van der Waals surface area (Å²) < 4.78 is 16.8. The zero-order valence-electron chi connectivity index (χ0n) is 21.3. The Balaban J connectivity index is 1.25. The highest BCUT2D eigenvalue weighted by Crippen LogP contribution is 2.42. The first-order valence-corrected chi connectivity index (χ1v) is 12.9. The molecule has 7 rings (SSSR count). The third-order valence-electron chi connectivity index (χ3n) is 7.33. The molecule has 0 unspecified atom stereocenters. The summed E-state index contributed by atoms with van der Waals surface area (Å²) in [6, 6.07) is 10.4. The van der Waals surface area contributed by atoms with Gasteiger partial charge in [-0.25, -0.2) is 13.9 Å². The number of aliphatic hydroxyl groups excluding tert-OH is 1. The van der Waals surface area contributed by atoms with E-state index in [0.717, 1.165) is 24.0 Å². The summed E-state index contributed by atoms with van der Waals surface area (Å²) in [7, 11) is 0. The lowest BCUT2D eigenvalue weighted by atomic mass is 9.93. The molecule has 2 aliphatic rings. The first kappa shape index (κ1) is 24.1. The van der Waals surface area contributed by atoms with E-state index in [1.54, 1.807) is 47.4 Å². The Morgan fingerprint density at radius 2 is 2.02 bits per heavy atom. The fourth-order valence-electron chi connectivity index (χ4n) is 5.28. The van der Waals surface area contributed by atoms with Gasteiger partial charge in [-0.1, -0.05) is 18.2 Å². The SMILES string of the molecule is Nc1nc(Nc2cnn3cccnc23)nc(-c2cccc(N3CCc4cc(C5CC5)cc(F)c4C3=O)c2CO)n1. The number of nitrogens with zero attached hydrogens (tertiary/aromatic N) is 7. The number of nitrogens with one attached hydrogen (secondary N) is 1. The van der Waals surface area contributed by atoms with Crippen LogP contribution in [0.5, 0.6) is 0 Å². The molecule has 0 radical (unpaired) electrons. The zero-order chi connectivity index (χ0) is 27.4. The molecule has 200 valence electrons. The topological polar surface area (TPSA) is 147 Å². The number of nitrogens with two attached hydrogens (primary N) is 1. The molecule has 2 aromatic carbocycles. The maximum Gasteiger partial charge on any atom is 0.261 e. The molecular formula is C28H24FN9O2. The van der Waals surface area contributed by atoms with Crippen molar-refractivity contribution in [3.63, 3.8) is 0 Å². The molecule has 1 saturated carbocycles. The van der Waals surface area contributed by atoms with Crippen molar-refractivity contribution in [1.29, 1.82) is 0 Å². The molecule has 11 nitrogen and oxygen atoms in total. The summed E-state index contributed by atoms with van der Waals surface area (Å²) in [6.07, 6.45) is 7.62. The second-order valence-corrected chi connectivity index (χ2v) is 9.89. The molecule has 0 bridgehead atoms. The molecule has 0 atom stereocenters. The molecule has 5 aromatic rings. The Labute approximate surface area is 227 Å². The number of hydrogen-bond acceptors (Lipinski definition) is 9. The van der Waals surface area contributed by atoms with E-state index < -0.39 is 18.3 Å². The van der Waals surface area contributed by atoms with Crippen LogP contribution in [-0.2, 0) is 13.0 Å². The van der Waals surface area contributed by atoms with Crippen molar-refractivity contribution >= 4 is 34.8 Å². The highest BCUT2D eigenvalue weighted by atomic mass is 19.1. The van der Waals surface area contributed by atoms with Crippen LogP contribution in [0.25, 0.3) is 17.0 Å². The van der Waals surface area contributed by atoms with E-state index in [1.807, 2.05) is 6.07 Å². The Morgan fingerprint density at radius 3 is 2.85 bits per heavy atom. The van der Waals surface area contributed by atoms with Gasteiger partial charge in [0.2, 0.25) is 11.9 Å². The zero-order valence-corrected chi connectivity index (χ0v) is 21.3. The van der Waals surface area contributed by atoms with Gasteiger partial charge >= 0.3 is 0 Å². The normalized spacial score (nSPS) is 14.9. The van der Waals surface area contributed by atoms with E-state index in [4.69, 9.17) is 5.73 Å². The number of aliphatic hydroxyl groups is 1. The fraction of sp³-hybridized carbons (Fsp3) is 0.214. The van der Waals surface area contributed by atoms with E-state index in [0.29, 0.717) is 47.0 Å². The van der Waals surface area contributed by atoms with Crippen molar-refractivity contribution in [1.82, 2.24) is 29.5 Å². The van der Waals surface area contributed by atoms with Crippen LogP contribution in [-0.4, -0.2) is 47.1 Å². The summed E-state index contributed by atoms with van der Waals surface area (Å²) in [5.41, 5.74) is 10.3. The summed E-state index contributed by atoms with van der Waals surface area (Å²) >= 11 is 0. The van der Waals surface area contributed by atoms with Gasteiger partial charge < -0.3 is 21.1 Å². The second kappa shape index (κ2) is 9.35. The number of anilines is 4. The van der Waals surface area contributed by atoms with Crippen LogP contribution < -0.4 is 16.0 Å². The van der Waals surface area contributed by atoms with Crippen LogP contribution in [0.2, 0.25) is 0 Å². The first-order chi connectivity index (χ1) is 19.5. The van der Waals surface area contributed by atoms with Crippen LogP contribution in [0.1, 0.15) is 45.8 Å². The standard InChI is InChI=1S/C28H24FN9O2/c29-20-12-17(15-5-6-15)11-16-7-10-37(26(40)23(16)20)22-4-1-3-18(19(22)14-39)24-34-27(30)36-28(35-24)33-21-13-32-38-9-2-8-31-25(21)38/h1-4,8-9,11-13,15,39H,5-7,10,14H2,(H3,30,33,34,35,36). The fourth-order valence-corrected chi connectivity index (χ4v) is 5.28. The molecule has 1 aliphatic carbocycles. The molecular weight excluding hydrogens is 513 g/mol. The summed E-state index contributed by atoms with van der Waals surface area (Å²) in [4.78, 5) is 32.4. The quantitative estimate of drug-likeness (QED) is 0.295. The average Bonchev–Trinajstić information content (AvgIpc) is 3.74. The lowest BCUT2D eigenvalue weighted by Gasteiger charge is -2.31. The second-order valence-electron chi connectivity index (χ2n) is 9.89. The molecule has 3 aromatic heterocycles. The van der Waals surface area contributed by atoms with Crippen LogP contribution >= 0.6 is 0 Å². The average molecular weight is 538 g/mol. The molecule has 12 heteroatoms. The Hall–Kier alpha value is -4.97. The van der Waals surface area contributed by atoms with Crippen molar-refractivity contribution in [2.75, 3.05) is 22.5 Å². The number of aromatic nitrogens is 6. The molecule has 4 heterocycles. The predicted molar refractivity (Wildman–Crippen MR) is 146 cm³/mol. The van der Waals surface area contributed by atoms with Crippen molar-refractivity contribution in [2.24, 2.45) is 0 Å². The number of rotatable bonds is 6. The van der Waals surface area contributed by atoms with Crippen molar-refractivity contribution in [3.8, 4) is 11.4 Å². The summed E-state index contributed by atoms with van der Waals surface area (Å²) in [5.74, 6) is -0.223.